The number of barbiturate groups is 1. The molecule has 2 aliphatic carbocycles. The van der Waals surface area contributed by atoms with Gasteiger partial charge in [-0.2, -0.15) is 0 Å². The molecule has 6 amide bonds. The summed E-state index contributed by atoms with van der Waals surface area (Å²) >= 11 is 0. The van der Waals surface area contributed by atoms with Gasteiger partial charge in [-0.05, 0) is 55.8 Å². The van der Waals surface area contributed by atoms with Crippen molar-refractivity contribution in [2.75, 3.05) is 6.54 Å². The van der Waals surface area contributed by atoms with Crippen LogP contribution in [0.4, 0.5) is 4.79 Å². The minimum atomic E-state index is -0.724. The number of piperidine rings is 1. The first-order valence-corrected chi connectivity index (χ1v) is 11.4. The fraction of sp³-hybridized carbons (Fsp3) is 0.682. The minimum absolute atomic E-state index is 0.0412. The first-order valence-electron chi connectivity index (χ1n) is 11.4. The standard InChI is InChI=1S/C22H31N5O5/c1-2-3-8-26-18(30)16(17(23)24)19(31)27(20(26)32)13-4-6-21(7-5-13)11-22(12-21)9-14(28)25-15(29)10-22/h13H,2-12,23-24H2,1H3,(H,25,28,29). The lowest BCUT2D eigenvalue weighted by Gasteiger charge is -2.60. The van der Waals surface area contributed by atoms with Crippen molar-refractivity contribution in [3.05, 3.63) is 11.4 Å². The van der Waals surface area contributed by atoms with E-state index in [9.17, 15) is 24.0 Å². The van der Waals surface area contributed by atoms with E-state index in [1.165, 1.54) is 4.90 Å². The Morgan fingerprint density at radius 1 is 0.969 bits per heavy atom. The predicted molar refractivity (Wildman–Crippen MR) is 113 cm³/mol. The van der Waals surface area contributed by atoms with Crippen molar-refractivity contribution in [3.8, 4) is 0 Å². The van der Waals surface area contributed by atoms with E-state index in [2.05, 4.69) is 5.32 Å². The monoisotopic (exact) mass is 445 g/mol. The topological polar surface area (TPSA) is 156 Å². The molecule has 2 saturated heterocycles. The van der Waals surface area contributed by atoms with Gasteiger partial charge < -0.3 is 11.5 Å². The summed E-state index contributed by atoms with van der Waals surface area (Å²) in [6, 6.07) is -0.931. The summed E-state index contributed by atoms with van der Waals surface area (Å²) in [6.45, 7) is 2.16. The Bertz CT molecular complexity index is 888. The molecule has 2 saturated carbocycles. The smallest absolute Gasteiger partial charge is 0.334 e. The van der Waals surface area contributed by atoms with E-state index in [1.54, 1.807) is 0 Å². The third kappa shape index (κ3) is 3.65. The van der Waals surface area contributed by atoms with Gasteiger partial charge in [-0.15, -0.1) is 0 Å². The average molecular weight is 446 g/mol. The zero-order valence-corrected chi connectivity index (χ0v) is 18.4. The summed E-state index contributed by atoms with van der Waals surface area (Å²) in [4.78, 5) is 64.7. The van der Waals surface area contributed by atoms with Crippen LogP contribution in [-0.2, 0) is 19.2 Å². The number of carbonyl (C=O) groups is 5. The van der Waals surface area contributed by atoms with Gasteiger partial charge in [-0.1, -0.05) is 13.3 Å². The quantitative estimate of drug-likeness (QED) is 0.329. The number of nitrogens with zero attached hydrogens (tertiary/aromatic N) is 2. The number of carbonyl (C=O) groups excluding carboxylic acids is 5. The second-order valence-electron chi connectivity index (χ2n) is 10.0. The lowest BCUT2D eigenvalue weighted by molar-refractivity contribution is -0.154. The third-order valence-corrected chi connectivity index (χ3v) is 7.58. The highest BCUT2D eigenvalue weighted by atomic mass is 16.2. The van der Waals surface area contributed by atoms with E-state index in [1.807, 2.05) is 6.92 Å². The fourth-order valence-electron chi connectivity index (χ4n) is 6.34. The number of nitrogens with two attached hydrogens (primary N) is 2. The van der Waals surface area contributed by atoms with Crippen LogP contribution < -0.4 is 16.8 Å². The maximum absolute atomic E-state index is 13.1. The van der Waals surface area contributed by atoms with E-state index in [0.29, 0.717) is 32.1 Å². The summed E-state index contributed by atoms with van der Waals surface area (Å²) in [7, 11) is 0. The van der Waals surface area contributed by atoms with Gasteiger partial charge in [0.2, 0.25) is 11.8 Å². The van der Waals surface area contributed by atoms with Crippen LogP contribution in [-0.4, -0.2) is 52.0 Å². The maximum atomic E-state index is 13.1. The molecule has 0 bridgehead atoms. The summed E-state index contributed by atoms with van der Waals surface area (Å²) < 4.78 is 0. The van der Waals surface area contributed by atoms with Crippen molar-refractivity contribution < 1.29 is 24.0 Å². The summed E-state index contributed by atoms with van der Waals surface area (Å²) in [6.07, 6.45) is 6.62. The van der Waals surface area contributed by atoms with Crippen molar-refractivity contribution in [1.29, 1.82) is 0 Å². The van der Waals surface area contributed by atoms with Crippen molar-refractivity contribution in [2.45, 2.75) is 77.2 Å². The molecular formula is C22H31N5O5. The van der Waals surface area contributed by atoms with Gasteiger partial charge in [-0.25, -0.2) is 4.79 Å². The van der Waals surface area contributed by atoms with Crippen LogP contribution in [0, 0.1) is 10.8 Å². The van der Waals surface area contributed by atoms with E-state index < -0.39 is 17.8 Å². The van der Waals surface area contributed by atoms with Crippen LogP contribution in [0.25, 0.3) is 0 Å². The molecule has 10 heteroatoms. The van der Waals surface area contributed by atoms with E-state index >= 15 is 0 Å². The molecule has 32 heavy (non-hydrogen) atoms. The minimum Gasteiger partial charge on any atom is -0.385 e. The van der Waals surface area contributed by atoms with Crippen LogP contribution in [0.2, 0.25) is 0 Å². The zero-order chi connectivity index (χ0) is 23.3. The second kappa shape index (κ2) is 7.90. The van der Waals surface area contributed by atoms with Crippen LogP contribution in [0.1, 0.15) is 71.1 Å². The molecule has 4 aliphatic rings. The first-order chi connectivity index (χ1) is 15.1. The number of nitrogens with one attached hydrogen (secondary N) is 1. The Morgan fingerprint density at radius 2 is 1.56 bits per heavy atom. The van der Waals surface area contributed by atoms with Crippen LogP contribution in [0.15, 0.2) is 11.4 Å². The third-order valence-electron chi connectivity index (χ3n) is 7.58. The number of urea groups is 1. The maximum Gasteiger partial charge on any atom is 0.334 e. The lowest BCUT2D eigenvalue weighted by Crippen LogP contribution is -2.62. The molecule has 0 unspecified atom stereocenters. The van der Waals surface area contributed by atoms with Gasteiger partial charge in [-0.3, -0.25) is 34.3 Å². The van der Waals surface area contributed by atoms with Crippen LogP contribution >= 0.6 is 0 Å². The molecule has 4 fully saturated rings. The highest BCUT2D eigenvalue weighted by Gasteiger charge is 2.58. The van der Waals surface area contributed by atoms with Gasteiger partial charge >= 0.3 is 6.03 Å². The molecule has 174 valence electrons. The molecule has 0 radical (unpaired) electrons. The number of amides is 6. The van der Waals surface area contributed by atoms with Gasteiger partial charge in [0.25, 0.3) is 11.8 Å². The summed E-state index contributed by atoms with van der Waals surface area (Å²) in [5.41, 5.74) is 10.8. The van der Waals surface area contributed by atoms with Gasteiger partial charge in [0.05, 0.1) is 0 Å². The van der Waals surface area contributed by atoms with E-state index in [-0.39, 0.29) is 46.6 Å². The van der Waals surface area contributed by atoms with Gasteiger partial charge in [0, 0.05) is 25.4 Å². The summed E-state index contributed by atoms with van der Waals surface area (Å²) in [5, 5.41) is 2.37. The van der Waals surface area contributed by atoms with E-state index in [4.69, 9.17) is 11.5 Å². The Kier molecular flexibility index (Phi) is 5.50. The predicted octanol–water partition coefficient (Wildman–Crippen LogP) is 0.852. The highest BCUT2D eigenvalue weighted by Crippen LogP contribution is 2.64. The Hall–Kier alpha value is -2.91. The normalized spacial score (nSPS) is 25.4. The molecule has 0 aromatic rings. The van der Waals surface area contributed by atoms with Crippen molar-refractivity contribution in [1.82, 2.24) is 15.1 Å². The highest BCUT2D eigenvalue weighted by molar-refractivity contribution is 6.29. The fourth-order valence-corrected chi connectivity index (χ4v) is 6.34. The number of rotatable bonds is 4. The van der Waals surface area contributed by atoms with Crippen LogP contribution in [0.5, 0.6) is 0 Å². The molecule has 5 N–H and O–H groups in total. The first kappa shape index (κ1) is 22.3. The average Bonchev–Trinajstić information content (AvgIpc) is 2.67. The Morgan fingerprint density at radius 3 is 2.09 bits per heavy atom. The molecule has 2 aliphatic heterocycles. The Balaban J connectivity index is 1.46. The molecule has 0 aromatic carbocycles. The van der Waals surface area contributed by atoms with Crippen molar-refractivity contribution in [2.24, 2.45) is 22.3 Å². The number of hydrogen-bond donors (Lipinski definition) is 3. The largest absolute Gasteiger partial charge is 0.385 e. The molecule has 0 aromatic heterocycles. The lowest BCUT2D eigenvalue weighted by atomic mass is 9.46. The second-order valence-corrected chi connectivity index (χ2v) is 10.0. The van der Waals surface area contributed by atoms with Crippen molar-refractivity contribution in [3.63, 3.8) is 0 Å². The SMILES string of the molecule is CCCCN1C(=O)C(=C(N)N)C(=O)N(C2CCC3(CC2)CC2(CC(=O)NC(=O)C2)C3)C1=O. The molecular weight excluding hydrogens is 414 g/mol. The Labute approximate surface area is 186 Å². The molecule has 0 atom stereocenters. The molecule has 2 heterocycles. The number of hydrogen-bond acceptors (Lipinski definition) is 7. The zero-order valence-electron chi connectivity index (χ0n) is 18.4. The number of imide groups is 3. The summed E-state index contributed by atoms with van der Waals surface area (Å²) in [5.74, 6) is -2.21. The number of unbranched alkanes of at least 4 members (excludes halogenated alkanes) is 1. The molecule has 10 nitrogen and oxygen atoms in total. The van der Waals surface area contributed by atoms with Gasteiger partial charge in [0.15, 0.2) is 0 Å². The van der Waals surface area contributed by atoms with Crippen molar-refractivity contribution >= 4 is 29.7 Å². The molecule has 2 spiro atoms. The van der Waals surface area contributed by atoms with E-state index in [0.717, 1.165) is 37.0 Å². The van der Waals surface area contributed by atoms with Crippen LogP contribution in [0.3, 0.4) is 0 Å². The van der Waals surface area contributed by atoms with Gasteiger partial charge in [0.1, 0.15) is 11.4 Å². The molecule has 4 rings (SSSR count).